The largest absolute Gasteiger partial charge is 0.416 e. The summed E-state index contributed by atoms with van der Waals surface area (Å²) >= 11 is 0. The molecule has 84 valence electrons. The Morgan fingerprint density at radius 3 is 2.27 bits per heavy atom. The summed E-state index contributed by atoms with van der Waals surface area (Å²) in [7, 11) is 0. The van der Waals surface area contributed by atoms with Crippen molar-refractivity contribution in [3.8, 4) is 0 Å². The molecule has 0 amide bonds. The van der Waals surface area contributed by atoms with E-state index < -0.39 is 11.7 Å². The molecular weight excluding hydrogens is 203 g/mol. The van der Waals surface area contributed by atoms with Gasteiger partial charge in [0, 0.05) is 5.69 Å². The van der Waals surface area contributed by atoms with Gasteiger partial charge in [0.15, 0.2) is 0 Å². The molecule has 0 aliphatic rings. The highest BCUT2D eigenvalue weighted by atomic mass is 19.4. The van der Waals surface area contributed by atoms with Crippen LogP contribution in [-0.4, -0.2) is 0 Å². The molecule has 0 unspecified atom stereocenters. The first-order valence-electron chi connectivity index (χ1n) is 4.76. The summed E-state index contributed by atoms with van der Waals surface area (Å²) in [6, 6.07) is 3.53. The maximum Gasteiger partial charge on any atom is 0.416 e. The molecule has 0 heterocycles. The van der Waals surface area contributed by atoms with Gasteiger partial charge in [-0.3, -0.25) is 0 Å². The molecule has 1 aromatic carbocycles. The van der Waals surface area contributed by atoms with E-state index in [4.69, 9.17) is 5.73 Å². The molecule has 0 aliphatic carbocycles. The Bertz CT molecular complexity index is 342. The lowest BCUT2D eigenvalue weighted by molar-refractivity contribution is -0.137. The molecule has 0 radical (unpaired) electrons. The molecular formula is C11H14F3N. The molecule has 0 bridgehead atoms. The van der Waals surface area contributed by atoms with Gasteiger partial charge in [0.2, 0.25) is 0 Å². The second kappa shape index (κ2) is 4.13. The number of benzene rings is 1. The van der Waals surface area contributed by atoms with Crippen molar-refractivity contribution in [3.05, 3.63) is 29.3 Å². The van der Waals surface area contributed by atoms with Crippen LogP contribution in [0.3, 0.4) is 0 Å². The fourth-order valence-electron chi connectivity index (χ4n) is 1.40. The molecule has 0 atom stereocenters. The van der Waals surface area contributed by atoms with Crippen molar-refractivity contribution in [2.24, 2.45) is 5.92 Å². The lowest BCUT2D eigenvalue weighted by atomic mass is 10.00. The average molecular weight is 217 g/mol. The summed E-state index contributed by atoms with van der Waals surface area (Å²) in [5, 5.41) is 0. The molecule has 0 aliphatic heterocycles. The lowest BCUT2D eigenvalue weighted by Crippen LogP contribution is -2.07. The Labute approximate surface area is 87.1 Å². The molecule has 0 aromatic heterocycles. The van der Waals surface area contributed by atoms with E-state index in [1.165, 1.54) is 6.07 Å². The van der Waals surface area contributed by atoms with Gasteiger partial charge in [-0.1, -0.05) is 19.9 Å². The second-order valence-electron chi connectivity index (χ2n) is 4.01. The first-order valence-corrected chi connectivity index (χ1v) is 4.76. The lowest BCUT2D eigenvalue weighted by Gasteiger charge is -2.12. The van der Waals surface area contributed by atoms with Crippen LogP contribution in [0.2, 0.25) is 0 Å². The number of rotatable bonds is 2. The van der Waals surface area contributed by atoms with Gasteiger partial charge < -0.3 is 5.73 Å². The minimum absolute atomic E-state index is 0.221. The number of anilines is 1. The fraction of sp³-hybridized carbons (Fsp3) is 0.455. The van der Waals surface area contributed by atoms with Gasteiger partial charge in [0.25, 0.3) is 0 Å². The van der Waals surface area contributed by atoms with Crippen LogP contribution in [0.5, 0.6) is 0 Å². The summed E-state index contributed by atoms with van der Waals surface area (Å²) in [5.41, 5.74) is 5.88. The summed E-state index contributed by atoms with van der Waals surface area (Å²) in [4.78, 5) is 0. The van der Waals surface area contributed by atoms with Gasteiger partial charge in [0.1, 0.15) is 0 Å². The zero-order valence-corrected chi connectivity index (χ0v) is 8.73. The molecule has 0 fully saturated rings. The average Bonchev–Trinajstić information content (AvgIpc) is 2.05. The standard InChI is InChI=1S/C11H14F3N/c1-7(2)5-8-3-4-9(6-10(8)15)11(12,13)14/h3-4,6-7H,5,15H2,1-2H3. The van der Waals surface area contributed by atoms with E-state index in [2.05, 4.69) is 0 Å². The number of nitrogens with two attached hydrogens (primary N) is 1. The SMILES string of the molecule is CC(C)Cc1ccc(C(F)(F)F)cc1N. The molecule has 0 saturated carbocycles. The summed E-state index contributed by atoms with van der Waals surface area (Å²) < 4.78 is 36.9. The Kier molecular flexibility index (Phi) is 3.27. The Hall–Kier alpha value is -1.19. The van der Waals surface area contributed by atoms with Gasteiger partial charge >= 0.3 is 6.18 Å². The fourth-order valence-corrected chi connectivity index (χ4v) is 1.40. The van der Waals surface area contributed by atoms with Gasteiger partial charge in [-0.05, 0) is 30.0 Å². The van der Waals surface area contributed by atoms with Crippen LogP contribution in [0.4, 0.5) is 18.9 Å². The van der Waals surface area contributed by atoms with Crippen LogP contribution in [0.15, 0.2) is 18.2 Å². The molecule has 1 rings (SSSR count). The van der Waals surface area contributed by atoms with E-state index in [0.29, 0.717) is 12.3 Å². The number of nitrogen functional groups attached to an aromatic ring is 1. The van der Waals surface area contributed by atoms with E-state index >= 15 is 0 Å². The summed E-state index contributed by atoms with van der Waals surface area (Å²) in [5.74, 6) is 0.379. The number of halogens is 3. The predicted octanol–water partition coefficient (Wildman–Crippen LogP) is 3.49. The third-order valence-electron chi connectivity index (χ3n) is 2.10. The first kappa shape index (κ1) is 11.9. The molecule has 1 aromatic rings. The zero-order chi connectivity index (χ0) is 11.6. The van der Waals surface area contributed by atoms with E-state index in [1.807, 2.05) is 13.8 Å². The molecule has 4 heteroatoms. The van der Waals surface area contributed by atoms with Crippen LogP contribution in [0.1, 0.15) is 25.0 Å². The van der Waals surface area contributed by atoms with Crippen molar-refractivity contribution >= 4 is 5.69 Å². The minimum atomic E-state index is -4.31. The van der Waals surface area contributed by atoms with E-state index in [9.17, 15) is 13.2 Å². The van der Waals surface area contributed by atoms with Crippen LogP contribution < -0.4 is 5.73 Å². The van der Waals surface area contributed by atoms with Crippen LogP contribution in [-0.2, 0) is 12.6 Å². The minimum Gasteiger partial charge on any atom is -0.398 e. The first-order chi connectivity index (χ1) is 6.80. The second-order valence-corrected chi connectivity index (χ2v) is 4.01. The van der Waals surface area contributed by atoms with Crippen LogP contribution in [0, 0.1) is 5.92 Å². The normalized spacial score (nSPS) is 12.1. The smallest absolute Gasteiger partial charge is 0.398 e. The van der Waals surface area contributed by atoms with Crippen molar-refractivity contribution in [2.75, 3.05) is 5.73 Å². The monoisotopic (exact) mass is 217 g/mol. The maximum atomic E-state index is 12.3. The highest BCUT2D eigenvalue weighted by Gasteiger charge is 2.30. The Balaban J connectivity index is 2.98. The molecule has 0 saturated heterocycles. The van der Waals surface area contributed by atoms with Gasteiger partial charge in [0.05, 0.1) is 5.56 Å². The highest BCUT2D eigenvalue weighted by molar-refractivity contribution is 5.50. The van der Waals surface area contributed by atoms with Crippen molar-refractivity contribution < 1.29 is 13.2 Å². The van der Waals surface area contributed by atoms with Crippen molar-refractivity contribution in [1.29, 1.82) is 0 Å². The predicted molar refractivity (Wildman–Crippen MR) is 54.4 cm³/mol. The van der Waals surface area contributed by atoms with E-state index in [-0.39, 0.29) is 5.69 Å². The van der Waals surface area contributed by atoms with Crippen LogP contribution >= 0.6 is 0 Å². The quantitative estimate of drug-likeness (QED) is 0.754. The highest BCUT2D eigenvalue weighted by Crippen LogP contribution is 2.31. The summed E-state index contributed by atoms with van der Waals surface area (Å²) in [6.45, 7) is 3.99. The van der Waals surface area contributed by atoms with E-state index in [1.54, 1.807) is 0 Å². The van der Waals surface area contributed by atoms with Crippen molar-refractivity contribution in [3.63, 3.8) is 0 Å². The van der Waals surface area contributed by atoms with E-state index in [0.717, 1.165) is 17.7 Å². The van der Waals surface area contributed by atoms with Gasteiger partial charge in [-0.15, -0.1) is 0 Å². The molecule has 2 N–H and O–H groups in total. The number of hydrogen-bond donors (Lipinski definition) is 1. The third-order valence-corrected chi connectivity index (χ3v) is 2.10. The Morgan fingerprint density at radius 1 is 1.27 bits per heavy atom. The van der Waals surface area contributed by atoms with Crippen molar-refractivity contribution in [2.45, 2.75) is 26.4 Å². The van der Waals surface area contributed by atoms with Gasteiger partial charge in [-0.25, -0.2) is 0 Å². The Morgan fingerprint density at radius 2 is 1.87 bits per heavy atom. The topological polar surface area (TPSA) is 26.0 Å². The van der Waals surface area contributed by atoms with Crippen molar-refractivity contribution in [1.82, 2.24) is 0 Å². The zero-order valence-electron chi connectivity index (χ0n) is 8.73. The summed E-state index contributed by atoms with van der Waals surface area (Å²) in [6.07, 6.45) is -3.62. The third kappa shape index (κ3) is 3.15. The molecule has 1 nitrogen and oxygen atoms in total. The number of hydrogen-bond acceptors (Lipinski definition) is 1. The molecule has 0 spiro atoms. The van der Waals surface area contributed by atoms with Crippen LogP contribution in [0.25, 0.3) is 0 Å². The molecule has 15 heavy (non-hydrogen) atoms. The van der Waals surface area contributed by atoms with Gasteiger partial charge in [-0.2, -0.15) is 13.2 Å². The number of alkyl halides is 3. The maximum absolute atomic E-state index is 12.3.